The Labute approximate surface area is 150 Å². The van der Waals surface area contributed by atoms with Gasteiger partial charge in [-0.1, -0.05) is 29.8 Å². The fourth-order valence-corrected chi connectivity index (χ4v) is 2.67. The third kappa shape index (κ3) is 3.13. The highest BCUT2D eigenvalue weighted by Crippen LogP contribution is 2.42. The van der Waals surface area contributed by atoms with Crippen LogP contribution in [0.1, 0.15) is 22.3 Å². The zero-order valence-corrected chi connectivity index (χ0v) is 13.8. The van der Waals surface area contributed by atoms with Crippen LogP contribution in [0.4, 0.5) is 13.2 Å². The molecule has 0 fully saturated rings. The summed E-state index contributed by atoms with van der Waals surface area (Å²) in [4.78, 5) is 12.5. The van der Waals surface area contributed by atoms with Gasteiger partial charge in [0, 0.05) is 10.6 Å². The van der Waals surface area contributed by atoms with Crippen LogP contribution in [0.15, 0.2) is 53.6 Å². The Balaban J connectivity index is 2.05. The molecule has 0 aliphatic carbocycles. The first kappa shape index (κ1) is 18.2. The fourth-order valence-electron chi connectivity index (χ4n) is 2.54. The molecule has 0 spiro atoms. The zero-order valence-electron chi connectivity index (χ0n) is 13.0. The van der Waals surface area contributed by atoms with E-state index < -0.39 is 24.2 Å². The van der Waals surface area contributed by atoms with Crippen molar-refractivity contribution in [3.63, 3.8) is 0 Å². The van der Waals surface area contributed by atoms with E-state index in [1.54, 1.807) is 0 Å². The van der Waals surface area contributed by atoms with Gasteiger partial charge in [0.25, 0.3) is 11.6 Å². The molecule has 1 heterocycles. The first-order valence-electron chi connectivity index (χ1n) is 7.38. The van der Waals surface area contributed by atoms with Gasteiger partial charge in [-0.25, -0.2) is 0 Å². The molecule has 136 valence electrons. The molecule has 0 aromatic heterocycles. The van der Waals surface area contributed by atoms with E-state index in [4.69, 9.17) is 11.6 Å². The van der Waals surface area contributed by atoms with Crippen LogP contribution < -0.4 is 0 Å². The average molecular weight is 385 g/mol. The molecular weight excluding hydrogens is 373 g/mol. The average Bonchev–Trinajstić information content (AvgIpc) is 2.94. The molecule has 5 nitrogen and oxygen atoms in total. The lowest BCUT2D eigenvalue weighted by Gasteiger charge is -2.32. The quantitative estimate of drug-likeness (QED) is 0.831. The van der Waals surface area contributed by atoms with E-state index in [1.165, 1.54) is 42.5 Å². The summed E-state index contributed by atoms with van der Waals surface area (Å²) in [5, 5.41) is 23.8. The number of aliphatic hydroxyl groups is 1. The van der Waals surface area contributed by atoms with Crippen LogP contribution in [-0.2, 0) is 0 Å². The number of phenols is 1. The summed E-state index contributed by atoms with van der Waals surface area (Å²) in [7, 11) is 0. The predicted octanol–water partition coefficient (Wildman–Crippen LogP) is 3.55. The number of amides is 1. The molecule has 0 saturated heterocycles. The Morgan fingerprint density at radius 2 is 1.85 bits per heavy atom. The van der Waals surface area contributed by atoms with Gasteiger partial charge in [0.15, 0.2) is 0 Å². The van der Waals surface area contributed by atoms with Gasteiger partial charge in [0.05, 0.1) is 12.1 Å². The van der Waals surface area contributed by atoms with Gasteiger partial charge in [-0.15, -0.1) is 0 Å². The number of phenolic OH excluding ortho intramolecular Hbond substituents is 1. The van der Waals surface area contributed by atoms with Crippen molar-refractivity contribution in [2.45, 2.75) is 18.3 Å². The molecule has 1 aliphatic rings. The standard InChI is InChI=1S/C17H12ClF3N2O3/c18-12-6-4-10(5-7-12)14-9-16(26,17(19,20)21)23(22-14)15(25)11-2-1-3-13(24)8-11/h1-8,24,26H,9H2/t16-/m1/s1. The number of carbonyl (C=O) groups excluding carboxylic acids is 1. The minimum Gasteiger partial charge on any atom is -0.508 e. The van der Waals surface area contributed by atoms with Gasteiger partial charge in [-0.2, -0.15) is 23.3 Å². The van der Waals surface area contributed by atoms with Crippen molar-refractivity contribution in [2.24, 2.45) is 5.10 Å². The predicted molar refractivity (Wildman–Crippen MR) is 87.9 cm³/mol. The number of alkyl halides is 3. The van der Waals surface area contributed by atoms with Crippen LogP contribution in [0, 0.1) is 0 Å². The molecule has 3 rings (SSSR count). The van der Waals surface area contributed by atoms with Gasteiger partial charge in [0.2, 0.25) is 0 Å². The third-order valence-electron chi connectivity index (χ3n) is 3.90. The normalized spacial score (nSPS) is 20.2. The number of hydrogen-bond donors (Lipinski definition) is 2. The Morgan fingerprint density at radius 3 is 2.42 bits per heavy atom. The Hall–Kier alpha value is -2.58. The summed E-state index contributed by atoms with van der Waals surface area (Å²) in [5.74, 6) is -1.49. The lowest BCUT2D eigenvalue weighted by atomic mass is 10.0. The van der Waals surface area contributed by atoms with Crippen LogP contribution >= 0.6 is 11.6 Å². The molecule has 9 heteroatoms. The number of nitrogens with zero attached hydrogens (tertiary/aromatic N) is 2. The molecule has 0 saturated carbocycles. The zero-order chi connectivity index (χ0) is 19.1. The van der Waals surface area contributed by atoms with Crippen molar-refractivity contribution in [2.75, 3.05) is 0 Å². The van der Waals surface area contributed by atoms with E-state index in [0.717, 1.165) is 6.07 Å². The SMILES string of the molecule is O=C(c1cccc(O)c1)N1N=C(c2ccc(Cl)cc2)C[C@@]1(O)C(F)(F)F. The van der Waals surface area contributed by atoms with Crippen LogP contribution in [0.5, 0.6) is 5.75 Å². The summed E-state index contributed by atoms with van der Waals surface area (Å²) >= 11 is 5.76. The summed E-state index contributed by atoms with van der Waals surface area (Å²) in [6.07, 6.45) is -6.07. The molecule has 2 aromatic rings. The number of aromatic hydroxyl groups is 1. The number of hydrogen-bond acceptors (Lipinski definition) is 4. The van der Waals surface area contributed by atoms with Crippen molar-refractivity contribution < 1.29 is 28.2 Å². The van der Waals surface area contributed by atoms with Crippen molar-refractivity contribution in [3.8, 4) is 5.75 Å². The smallest absolute Gasteiger partial charge is 0.438 e. The number of benzene rings is 2. The van der Waals surface area contributed by atoms with Crippen molar-refractivity contribution in [1.29, 1.82) is 0 Å². The number of hydrazone groups is 1. The summed E-state index contributed by atoms with van der Waals surface area (Å²) in [6, 6.07) is 10.6. The molecule has 2 aromatic carbocycles. The van der Waals surface area contributed by atoms with Crippen LogP contribution in [-0.4, -0.2) is 38.7 Å². The van der Waals surface area contributed by atoms with Crippen molar-refractivity contribution in [1.82, 2.24) is 5.01 Å². The third-order valence-corrected chi connectivity index (χ3v) is 4.15. The highest BCUT2D eigenvalue weighted by atomic mass is 35.5. The minimum absolute atomic E-state index is 0.00567. The minimum atomic E-state index is -5.14. The Kier molecular flexibility index (Phi) is 4.41. The van der Waals surface area contributed by atoms with Gasteiger partial charge in [-0.3, -0.25) is 4.79 Å². The second kappa shape index (κ2) is 6.30. The maximum Gasteiger partial charge on any atom is 0.438 e. The monoisotopic (exact) mass is 384 g/mol. The molecule has 1 atom stereocenters. The Bertz CT molecular complexity index is 884. The topological polar surface area (TPSA) is 73.1 Å². The van der Waals surface area contributed by atoms with Gasteiger partial charge in [-0.05, 0) is 35.9 Å². The van der Waals surface area contributed by atoms with Gasteiger partial charge in [0.1, 0.15) is 5.75 Å². The van der Waals surface area contributed by atoms with Gasteiger partial charge >= 0.3 is 6.18 Å². The van der Waals surface area contributed by atoms with E-state index >= 15 is 0 Å². The van der Waals surface area contributed by atoms with Gasteiger partial charge < -0.3 is 10.2 Å². The lowest BCUT2D eigenvalue weighted by Crippen LogP contribution is -2.56. The fraction of sp³-hybridized carbons (Fsp3) is 0.176. The van der Waals surface area contributed by atoms with Crippen molar-refractivity contribution >= 4 is 23.2 Å². The summed E-state index contributed by atoms with van der Waals surface area (Å²) in [6.45, 7) is 0. The molecule has 0 bridgehead atoms. The molecule has 0 unspecified atom stereocenters. The largest absolute Gasteiger partial charge is 0.508 e. The maximum absolute atomic E-state index is 13.5. The molecule has 1 aliphatic heterocycles. The molecule has 0 radical (unpaired) electrons. The van der Waals surface area contributed by atoms with Crippen molar-refractivity contribution in [3.05, 3.63) is 64.7 Å². The van der Waals surface area contributed by atoms with Crippen LogP contribution in [0.25, 0.3) is 0 Å². The molecular formula is C17H12ClF3N2O3. The first-order valence-corrected chi connectivity index (χ1v) is 7.76. The number of halogens is 4. The number of carbonyl (C=O) groups is 1. The second-order valence-corrected chi connectivity index (χ2v) is 6.15. The molecule has 1 amide bonds. The van der Waals surface area contributed by atoms with Crippen LogP contribution in [0.2, 0.25) is 5.02 Å². The second-order valence-electron chi connectivity index (χ2n) is 5.71. The number of rotatable bonds is 2. The highest BCUT2D eigenvalue weighted by Gasteiger charge is 2.63. The van der Waals surface area contributed by atoms with E-state index in [9.17, 15) is 28.2 Å². The highest BCUT2D eigenvalue weighted by molar-refractivity contribution is 6.30. The van der Waals surface area contributed by atoms with E-state index in [1.807, 2.05) is 0 Å². The van der Waals surface area contributed by atoms with E-state index in [-0.39, 0.29) is 22.0 Å². The Morgan fingerprint density at radius 1 is 1.19 bits per heavy atom. The maximum atomic E-state index is 13.5. The van der Waals surface area contributed by atoms with Crippen LogP contribution in [0.3, 0.4) is 0 Å². The van der Waals surface area contributed by atoms with E-state index in [0.29, 0.717) is 10.6 Å². The summed E-state index contributed by atoms with van der Waals surface area (Å²) < 4.78 is 40.5. The van der Waals surface area contributed by atoms with E-state index in [2.05, 4.69) is 5.10 Å². The summed E-state index contributed by atoms with van der Waals surface area (Å²) in [5.41, 5.74) is -3.56. The first-order chi connectivity index (χ1) is 12.1. The lowest BCUT2D eigenvalue weighted by molar-refractivity contribution is -0.297. The molecule has 26 heavy (non-hydrogen) atoms. The molecule has 2 N–H and O–H groups in total.